The van der Waals surface area contributed by atoms with E-state index in [2.05, 4.69) is 5.32 Å². The number of Topliss-reactive ketones (excluding diaryl/α,β-unsaturated/α-hetero) is 1. The number of hydrogen-bond acceptors (Lipinski definition) is 4. The topological polar surface area (TPSA) is 49.4 Å². The minimum absolute atomic E-state index is 0.0597. The maximum Gasteiger partial charge on any atom is 0.233 e. The number of carbonyl (C=O) groups is 2. The van der Waals surface area contributed by atoms with Crippen molar-refractivity contribution in [2.45, 2.75) is 6.92 Å². The van der Waals surface area contributed by atoms with E-state index in [1.807, 2.05) is 19.1 Å². The molecule has 0 unspecified atom stereocenters. The van der Waals surface area contributed by atoms with E-state index in [0.717, 1.165) is 9.75 Å². The van der Waals surface area contributed by atoms with Gasteiger partial charge in [0.15, 0.2) is 5.78 Å². The molecule has 88 valence electrons. The van der Waals surface area contributed by atoms with Crippen molar-refractivity contribution in [3.63, 3.8) is 0 Å². The number of ketones is 1. The molecular weight excluding hydrogens is 224 g/mol. The van der Waals surface area contributed by atoms with Gasteiger partial charge in [-0.1, -0.05) is 0 Å². The highest BCUT2D eigenvalue weighted by molar-refractivity contribution is 7.14. The molecule has 0 aliphatic rings. The van der Waals surface area contributed by atoms with Crippen LogP contribution in [0.15, 0.2) is 12.1 Å². The van der Waals surface area contributed by atoms with Crippen LogP contribution in [0, 0.1) is 6.92 Å². The van der Waals surface area contributed by atoms with Crippen LogP contribution in [0.4, 0.5) is 0 Å². The lowest BCUT2D eigenvalue weighted by Crippen LogP contribution is -2.35. The Morgan fingerprint density at radius 3 is 2.56 bits per heavy atom. The summed E-state index contributed by atoms with van der Waals surface area (Å²) in [4.78, 5) is 26.4. The zero-order valence-electron chi connectivity index (χ0n) is 9.74. The lowest BCUT2D eigenvalue weighted by atomic mass is 10.3. The fourth-order valence-electron chi connectivity index (χ4n) is 1.29. The third-order valence-electron chi connectivity index (χ3n) is 2.12. The van der Waals surface area contributed by atoms with Crippen LogP contribution in [0.25, 0.3) is 0 Å². The molecule has 1 aromatic heterocycles. The number of nitrogens with one attached hydrogen (secondary N) is 1. The number of rotatable bonds is 5. The molecule has 0 saturated heterocycles. The number of hydrogen-bond donors (Lipinski definition) is 1. The Morgan fingerprint density at radius 2 is 2.06 bits per heavy atom. The van der Waals surface area contributed by atoms with E-state index in [4.69, 9.17) is 0 Å². The van der Waals surface area contributed by atoms with Crippen LogP contribution in [0.2, 0.25) is 0 Å². The number of thiophene rings is 1. The number of nitrogens with zero attached hydrogens (tertiary/aromatic N) is 1. The van der Waals surface area contributed by atoms with Crippen LogP contribution in [-0.2, 0) is 4.79 Å². The normalized spacial score (nSPS) is 10.5. The van der Waals surface area contributed by atoms with Crippen molar-refractivity contribution in [2.24, 2.45) is 0 Å². The first-order valence-corrected chi connectivity index (χ1v) is 5.83. The molecule has 16 heavy (non-hydrogen) atoms. The molecular formula is C11H16N2O2S. The first-order chi connectivity index (χ1) is 7.52. The summed E-state index contributed by atoms with van der Waals surface area (Å²) < 4.78 is 0. The van der Waals surface area contributed by atoms with Crippen molar-refractivity contribution in [3.05, 3.63) is 21.9 Å². The van der Waals surface area contributed by atoms with E-state index in [-0.39, 0.29) is 24.8 Å². The molecule has 1 amide bonds. The zero-order valence-corrected chi connectivity index (χ0v) is 10.6. The Kier molecular flexibility index (Phi) is 4.64. The highest BCUT2D eigenvalue weighted by atomic mass is 32.1. The molecule has 0 spiro atoms. The zero-order chi connectivity index (χ0) is 12.1. The second kappa shape index (κ2) is 5.77. The summed E-state index contributed by atoms with van der Waals surface area (Å²) in [5.41, 5.74) is 0. The average molecular weight is 240 g/mol. The molecule has 0 bridgehead atoms. The summed E-state index contributed by atoms with van der Waals surface area (Å²) in [6, 6.07) is 3.76. The summed E-state index contributed by atoms with van der Waals surface area (Å²) >= 11 is 1.49. The molecule has 1 heterocycles. The number of amides is 1. The van der Waals surface area contributed by atoms with Gasteiger partial charge in [-0.15, -0.1) is 11.3 Å². The highest BCUT2D eigenvalue weighted by Crippen LogP contribution is 2.15. The molecule has 5 heteroatoms. The van der Waals surface area contributed by atoms with E-state index < -0.39 is 0 Å². The van der Waals surface area contributed by atoms with Crippen LogP contribution >= 0.6 is 11.3 Å². The first-order valence-electron chi connectivity index (χ1n) is 5.01. The molecule has 0 atom stereocenters. The molecule has 0 radical (unpaired) electrons. The fourth-order valence-corrected chi connectivity index (χ4v) is 2.08. The summed E-state index contributed by atoms with van der Waals surface area (Å²) in [6.45, 7) is 2.48. The summed E-state index contributed by atoms with van der Waals surface area (Å²) in [6.07, 6.45) is 0. The maximum absolute atomic E-state index is 11.8. The van der Waals surface area contributed by atoms with Gasteiger partial charge < -0.3 is 5.32 Å². The molecule has 4 nitrogen and oxygen atoms in total. The van der Waals surface area contributed by atoms with Gasteiger partial charge in [-0.3, -0.25) is 14.5 Å². The molecule has 1 N–H and O–H groups in total. The van der Waals surface area contributed by atoms with E-state index >= 15 is 0 Å². The van der Waals surface area contributed by atoms with Gasteiger partial charge in [-0.25, -0.2) is 0 Å². The van der Waals surface area contributed by atoms with Crippen molar-refractivity contribution < 1.29 is 9.59 Å². The molecule has 1 rings (SSSR count). The lowest BCUT2D eigenvalue weighted by molar-refractivity contribution is -0.121. The van der Waals surface area contributed by atoms with E-state index in [1.165, 1.54) is 11.3 Å². The smallest absolute Gasteiger partial charge is 0.233 e. The third-order valence-corrected chi connectivity index (χ3v) is 3.16. The van der Waals surface area contributed by atoms with Gasteiger partial charge in [0.05, 0.1) is 18.0 Å². The number of carbonyl (C=O) groups excluding carboxylic acids is 2. The Balaban J connectivity index is 2.48. The highest BCUT2D eigenvalue weighted by Gasteiger charge is 2.12. The van der Waals surface area contributed by atoms with Crippen LogP contribution < -0.4 is 5.32 Å². The van der Waals surface area contributed by atoms with Crippen molar-refractivity contribution in [2.75, 3.05) is 27.2 Å². The fraction of sp³-hybridized carbons (Fsp3) is 0.455. The van der Waals surface area contributed by atoms with Gasteiger partial charge in [-0.2, -0.15) is 0 Å². The average Bonchev–Trinajstić information content (AvgIpc) is 2.64. The van der Waals surface area contributed by atoms with E-state index in [1.54, 1.807) is 19.0 Å². The van der Waals surface area contributed by atoms with E-state index in [9.17, 15) is 9.59 Å². The second-order valence-electron chi connectivity index (χ2n) is 3.68. The van der Waals surface area contributed by atoms with Crippen molar-refractivity contribution in [1.82, 2.24) is 10.2 Å². The first kappa shape index (κ1) is 12.9. The van der Waals surface area contributed by atoms with Gasteiger partial charge in [0.2, 0.25) is 5.91 Å². The van der Waals surface area contributed by atoms with Gasteiger partial charge >= 0.3 is 0 Å². The SMILES string of the molecule is CNC(=O)CN(C)CC(=O)c1ccc(C)s1. The van der Waals surface area contributed by atoms with E-state index in [0.29, 0.717) is 0 Å². The van der Waals surface area contributed by atoms with Crippen molar-refractivity contribution in [3.8, 4) is 0 Å². The largest absolute Gasteiger partial charge is 0.358 e. The van der Waals surface area contributed by atoms with Crippen LogP contribution in [0.5, 0.6) is 0 Å². The lowest BCUT2D eigenvalue weighted by Gasteiger charge is -2.13. The minimum Gasteiger partial charge on any atom is -0.358 e. The molecule has 0 fully saturated rings. The number of likely N-dealkylation sites (N-methyl/N-ethyl adjacent to an activating group) is 2. The second-order valence-corrected chi connectivity index (χ2v) is 4.97. The van der Waals surface area contributed by atoms with Gasteiger partial charge in [-0.05, 0) is 26.1 Å². The van der Waals surface area contributed by atoms with Crippen LogP contribution in [0.1, 0.15) is 14.5 Å². The monoisotopic (exact) mass is 240 g/mol. The molecule has 0 aliphatic carbocycles. The third kappa shape index (κ3) is 3.75. The standard InChI is InChI=1S/C11H16N2O2S/c1-8-4-5-10(16-8)9(14)6-13(3)7-11(15)12-2/h4-5H,6-7H2,1-3H3,(H,12,15). The Labute approximate surface area is 99.3 Å². The quantitative estimate of drug-likeness (QED) is 0.779. The minimum atomic E-state index is -0.0855. The predicted molar refractivity (Wildman–Crippen MR) is 65.0 cm³/mol. The Hall–Kier alpha value is -1.20. The maximum atomic E-state index is 11.8. The van der Waals surface area contributed by atoms with Gasteiger partial charge in [0, 0.05) is 11.9 Å². The molecule has 1 aromatic rings. The Bertz CT molecular complexity index is 387. The summed E-state index contributed by atoms with van der Waals surface area (Å²) in [7, 11) is 3.34. The Morgan fingerprint density at radius 1 is 1.38 bits per heavy atom. The van der Waals surface area contributed by atoms with Gasteiger partial charge in [0.1, 0.15) is 0 Å². The van der Waals surface area contributed by atoms with Crippen molar-refractivity contribution in [1.29, 1.82) is 0 Å². The molecule has 0 saturated carbocycles. The number of aryl methyl sites for hydroxylation is 1. The van der Waals surface area contributed by atoms with Crippen LogP contribution in [0.3, 0.4) is 0 Å². The molecule has 0 aromatic carbocycles. The summed E-state index contributed by atoms with van der Waals surface area (Å²) in [5.74, 6) is -0.0258. The van der Waals surface area contributed by atoms with Crippen molar-refractivity contribution >= 4 is 23.0 Å². The summed E-state index contributed by atoms with van der Waals surface area (Å²) in [5, 5.41) is 2.52. The van der Waals surface area contributed by atoms with Gasteiger partial charge in [0.25, 0.3) is 0 Å². The molecule has 0 aliphatic heterocycles. The van der Waals surface area contributed by atoms with Crippen LogP contribution in [-0.4, -0.2) is 43.8 Å². The predicted octanol–water partition coefficient (Wildman–Crippen LogP) is 0.917.